The first-order valence-electron chi connectivity index (χ1n) is 6.56. The van der Waals surface area contributed by atoms with Gasteiger partial charge in [0.05, 0.1) is 0 Å². The number of carbonyl (C=O) groups excluding carboxylic acids is 1. The van der Waals surface area contributed by atoms with Gasteiger partial charge in [0.25, 0.3) is 5.91 Å². The predicted octanol–water partition coefficient (Wildman–Crippen LogP) is 1.09. The number of hydrogen-bond donors (Lipinski definition) is 4. The van der Waals surface area contributed by atoms with Crippen LogP contribution in [0.1, 0.15) is 21.5 Å². The molecule has 0 atom stereocenters. The Hall–Kier alpha value is -2.56. The molecule has 0 saturated heterocycles. The second-order valence-electron chi connectivity index (χ2n) is 5.01. The molecule has 5 nitrogen and oxygen atoms in total. The molecule has 2 aromatic carbocycles. The molecule has 3 radical (unpaired) electrons. The van der Waals surface area contributed by atoms with Gasteiger partial charge in [-0.3, -0.25) is 4.79 Å². The average molecular weight is 294 g/mol. The maximum absolute atomic E-state index is 12.2. The molecule has 2 rings (SSSR count). The summed E-state index contributed by atoms with van der Waals surface area (Å²) in [5.74, 6) is -1.01. The van der Waals surface area contributed by atoms with Gasteiger partial charge in [0.1, 0.15) is 12.9 Å². The summed E-state index contributed by atoms with van der Waals surface area (Å²) in [4.78, 5) is 12.2. The Morgan fingerprint density at radius 2 is 1.68 bits per heavy atom. The van der Waals surface area contributed by atoms with Crippen molar-refractivity contribution in [1.82, 2.24) is 0 Å². The molecular weight excluding hydrogens is 280 g/mol. The van der Waals surface area contributed by atoms with E-state index in [1.54, 1.807) is 19.9 Å². The lowest BCUT2D eigenvalue weighted by Gasteiger charge is -2.12. The Labute approximate surface area is 130 Å². The molecule has 2 aromatic rings. The number of carbonyl (C=O) groups is 1. The van der Waals surface area contributed by atoms with Crippen LogP contribution in [0.25, 0.3) is 0 Å². The van der Waals surface area contributed by atoms with E-state index in [0.29, 0.717) is 22.3 Å². The molecule has 0 spiro atoms. The lowest BCUT2D eigenvalue weighted by atomic mass is 9.51. The predicted molar refractivity (Wildman–Crippen MR) is 86.4 cm³/mol. The van der Waals surface area contributed by atoms with Gasteiger partial charge >= 0.3 is 0 Å². The number of benzene rings is 2. The minimum absolute atomic E-state index is 0.0543. The molecule has 0 aliphatic heterocycles. The standard InChI is InChI=1S/C15H14B2NO4/c1-7-3-9(5-12(19)14(7)21)15(22)18-10-4-8(2)13(20)11(6-10)17-16/h3-6,19-21H,1-2H3,(H,18,22). The van der Waals surface area contributed by atoms with Crippen molar-refractivity contribution in [2.24, 2.45) is 0 Å². The summed E-state index contributed by atoms with van der Waals surface area (Å²) < 4.78 is 0. The van der Waals surface area contributed by atoms with Crippen molar-refractivity contribution in [1.29, 1.82) is 0 Å². The highest BCUT2D eigenvalue weighted by Gasteiger charge is 2.13. The number of phenolic OH excluding ortho intramolecular Hbond substituents is 3. The summed E-state index contributed by atoms with van der Waals surface area (Å²) in [6.07, 6.45) is 0. The van der Waals surface area contributed by atoms with E-state index in [-0.39, 0.29) is 22.8 Å². The van der Waals surface area contributed by atoms with E-state index in [1.165, 1.54) is 25.4 Å². The van der Waals surface area contributed by atoms with Gasteiger partial charge in [-0.25, -0.2) is 0 Å². The fraction of sp³-hybridized carbons (Fsp3) is 0.133. The molecular formula is C15H14B2NO4. The van der Waals surface area contributed by atoms with Gasteiger partial charge in [-0.1, -0.05) is 5.46 Å². The van der Waals surface area contributed by atoms with Crippen molar-refractivity contribution in [2.45, 2.75) is 13.8 Å². The van der Waals surface area contributed by atoms with Crippen molar-refractivity contribution in [3.05, 3.63) is 41.0 Å². The van der Waals surface area contributed by atoms with E-state index in [9.17, 15) is 20.1 Å². The minimum Gasteiger partial charge on any atom is -0.508 e. The fourth-order valence-corrected chi connectivity index (χ4v) is 2.10. The molecule has 0 unspecified atom stereocenters. The highest BCUT2D eigenvalue weighted by molar-refractivity contribution is 6.98. The van der Waals surface area contributed by atoms with E-state index >= 15 is 0 Å². The number of amides is 1. The third-order valence-electron chi connectivity index (χ3n) is 3.31. The molecule has 0 aromatic heterocycles. The highest BCUT2D eigenvalue weighted by atomic mass is 16.3. The van der Waals surface area contributed by atoms with Crippen LogP contribution in [0.15, 0.2) is 24.3 Å². The van der Waals surface area contributed by atoms with Crippen LogP contribution in [0.2, 0.25) is 0 Å². The van der Waals surface area contributed by atoms with Gasteiger partial charge in [-0.05, 0) is 49.2 Å². The molecule has 0 aliphatic carbocycles. The molecule has 0 bridgehead atoms. The highest BCUT2D eigenvalue weighted by Crippen LogP contribution is 2.30. The first-order valence-corrected chi connectivity index (χ1v) is 6.56. The summed E-state index contributed by atoms with van der Waals surface area (Å²) in [7, 11) is 6.67. The number of rotatable bonds is 3. The van der Waals surface area contributed by atoms with Crippen molar-refractivity contribution < 1.29 is 20.1 Å². The van der Waals surface area contributed by atoms with E-state index in [0.717, 1.165) is 0 Å². The van der Waals surface area contributed by atoms with Gasteiger partial charge in [0.2, 0.25) is 0 Å². The molecule has 22 heavy (non-hydrogen) atoms. The van der Waals surface area contributed by atoms with Crippen LogP contribution in [0.5, 0.6) is 17.2 Å². The lowest BCUT2D eigenvalue weighted by molar-refractivity contribution is 0.102. The van der Waals surface area contributed by atoms with Gasteiger partial charge in [-0.2, -0.15) is 0 Å². The topological polar surface area (TPSA) is 89.8 Å². The Morgan fingerprint density at radius 3 is 2.27 bits per heavy atom. The van der Waals surface area contributed by atoms with Crippen LogP contribution in [-0.4, -0.2) is 36.1 Å². The normalized spacial score (nSPS) is 10.3. The average Bonchev–Trinajstić information content (AvgIpc) is 2.47. The molecule has 0 heterocycles. The number of aryl methyl sites for hydroxylation is 2. The minimum atomic E-state index is -0.452. The number of phenols is 3. The quantitative estimate of drug-likeness (QED) is 0.387. The smallest absolute Gasteiger partial charge is 0.255 e. The van der Waals surface area contributed by atoms with Crippen molar-refractivity contribution in [3.8, 4) is 17.2 Å². The largest absolute Gasteiger partial charge is 0.508 e. The van der Waals surface area contributed by atoms with Crippen molar-refractivity contribution in [2.75, 3.05) is 5.32 Å². The van der Waals surface area contributed by atoms with Crippen LogP contribution in [-0.2, 0) is 0 Å². The molecule has 109 valence electrons. The maximum atomic E-state index is 12.2. The second-order valence-corrected chi connectivity index (χ2v) is 5.01. The fourth-order valence-electron chi connectivity index (χ4n) is 2.10. The third-order valence-corrected chi connectivity index (χ3v) is 3.31. The first-order chi connectivity index (χ1) is 10.3. The molecule has 4 N–H and O–H groups in total. The van der Waals surface area contributed by atoms with Gasteiger partial charge in [0.15, 0.2) is 11.5 Å². The summed E-state index contributed by atoms with van der Waals surface area (Å²) >= 11 is 0. The second kappa shape index (κ2) is 6.05. The van der Waals surface area contributed by atoms with E-state index in [2.05, 4.69) is 5.32 Å². The first kappa shape index (κ1) is 15.8. The van der Waals surface area contributed by atoms with Crippen LogP contribution >= 0.6 is 0 Å². The van der Waals surface area contributed by atoms with Crippen LogP contribution in [0, 0.1) is 13.8 Å². The molecule has 7 heteroatoms. The zero-order chi connectivity index (χ0) is 16.4. The van der Waals surface area contributed by atoms with Crippen LogP contribution in [0.3, 0.4) is 0 Å². The van der Waals surface area contributed by atoms with Crippen molar-refractivity contribution >= 4 is 32.0 Å². The van der Waals surface area contributed by atoms with Gasteiger partial charge in [0, 0.05) is 19.0 Å². The SMILES string of the molecule is [B][B]c1cc(NC(=O)c2cc(C)c(O)c(O)c2)cc(C)c1O. The molecule has 1 amide bonds. The summed E-state index contributed by atoms with van der Waals surface area (Å²) in [6, 6.07) is 5.79. The molecule has 0 fully saturated rings. The van der Waals surface area contributed by atoms with E-state index in [4.69, 9.17) is 7.74 Å². The lowest BCUT2D eigenvalue weighted by Crippen LogP contribution is -2.19. The number of nitrogens with one attached hydrogen (secondary N) is 1. The zero-order valence-corrected chi connectivity index (χ0v) is 12.2. The van der Waals surface area contributed by atoms with Gasteiger partial charge < -0.3 is 20.6 Å². The van der Waals surface area contributed by atoms with E-state index < -0.39 is 5.91 Å². The molecule has 0 aliphatic rings. The molecule has 0 saturated carbocycles. The van der Waals surface area contributed by atoms with Crippen molar-refractivity contribution in [3.63, 3.8) is 0 Å². The number of anilines is 1. The van der Waals surface area contributed by atoms with Crippen LogP contribution in [0.4, 0.5) is 5.69 Å². The summed E-state index contributed by atoms with van der Waals surface area (Å²) in [6.45, 7) is 3.27. The number of aromatic hydroxyl groups is 3. The monoisotopic (exact) mass is 294 g/mol. The maximum Gasteiger partial charge on any atom is 0.255 e. The van der Waals surface area contributed by atoms with Gasteiger partial charge in [-0.15, -0.1) is 0 Å². The zero-order valence-electron chi connectivity index (χ0n) is 12.2. The Balaban J connectivity index is 2.31. The van der Waals surface area contributed by atoms with E-state index in [1.807, 2.05) is 0 Å². The number of hydrogen-bond acceptors (Lipinski definition) is 4. The Bertz CT molecular complexity index is 724. The Kier molecular flexibility index (Phi) is 4.35. The van der Waals surface area contributed by atoms with Crippen LogP contribution < -0.4 is 10.8 Å². The Morgan fingerprint density at radius 1 is 1.05 bits per heavy atom. The summed E-state index contributed by atoms with van der Waals surface area (Å²) in [5, 5.41) is 31.5. The summed E-state index contributed by atoms with van der Waals surface area (Å²) in [5.41, 5.74) is 2.03. The third kappa shape index (κ3) is 3.03.